The third-order valence-electron chi connectivity index (χ3n) is 4.11. The summed E-state index contributed by atoms with van der Waals surface area (Å²) >= 11 is 1.73. The number of hydrogen-bond donors (Lipinski definition) is 2. The summed E-state index contributed by atoms with van der Waals surface area (Å²) < 4.78 is 0. The molecule has 0 saturated carbocycles. The number of nitrogens with zero attached hydrogens (tertiary/aromatic N) is 4. The van der Waals surface area contributed by atoms with Crippen molar-refractivity contribution in [2.45, 2.75) is 40.3 Å². The summed E-state index contributed by atoms with van der Waals surface area (Å²) in [5, 5.41) is 7.48. The molecule has 0 unspecified atom stereocenters. The van der Waals surface area contributed by atoms with Crippen LogP contribution in [0.25, 0.3) is 0 Å². The van der Waals surface area contributed by atoms with Crippen LogP contribution >= 0.6 is 11.3 Å². The quantitative estimate of drug-likeness (QED) is 0.600. The fourth-order valence-electron chi connectivity index (χ4n) is 2.92. The largest absolute Gasteiger partial charge is 0.353 e. The van der Waals surface area contributed by atoms with Crippen LogP contribution in [0.1, 0.15) is 29.4 Å². The molecule has 1 fully saturated rings. The van der Waals surface area contributed by atoms with Crippen molar-refractivity contribution in [3.05, 3.63) is 15.6 Å². The van der Waals surface area contributed by atoms with Gasteiger partial charge in [-0.05, 0) is 27.7 Å². The summed E-state index contributed by atoms with van der Waals surface area (Å²) in [6, 6.07) is 0.190. The van der Waals surface area contributed by atoms with E-state index in [1.54, 1.807) is 11.3 Å². The molecule has 8 heteroatoms. The number of aromatic nitrogens is 1. The number of carbonyl (C=O) groups excluding carboxylic acids is 1. The van der Waals surface area contributed by atoms with E-state index >= 15 is 0 Å². The standard InChI is InChI=1S/C17H30N6OS/c1-12(2)20-16(24)11-22-6-8-23(9-7-22)17(18-5)19-10-15-13(3)21-14(4)25-15/h12H,6-11H2,1-5H3,(H,18,19)(H,20,24). The maximum atomic E-state index is 11.9. The number of thiazole rings is 1. The van der Waals surface area contributed by atoms with Crippen LogP contribution in [0.5, 0.6) is 0 Å². The number of piperazine rings is 1. The van der Waals surface area contributed by atoms with Crippen molar-refractivity contribution in [3.63, 3.8) is 0 Å². The molecule has 2 rings (SSSR count). The predicted octanol–water partition coefficient (Wildman–Crippen LogP) is 0.978. The Balaban J connectivity index is 1.79. The minimum atomic E-state index is 0.0991. The molecule has 1 aliphatic rings. The average Bonchev–Trinajstić information content (AvgIpc) is 2.86. The first-order valence-corrected chi connectivity index (χ1v) is 9.61. The fourth-order valence-corrected chi connectivity index (χ4v) is 3.79. The summed E-state index contributed by atoms with van der Waals surface area (Å²) in [7, 11) is 1.82. The lowest BCUT2D eigenvalue weighted by atomic mass is 10.3. The highest BCUT2D eigenvalue weighted by Gasteiger charge is 2.21. The molecular formula is C17H30N6OS. The molecule has 7 nitrogen and oxygen atoms in total. The maximum absolute atomic E-state index is 11.9. The molecule has 0 bridgehead atoms. The molecule has 1 aromatic heterocycles. The van der Waals surface area contributed by atoms with Crippen LogP contribution in [0, 0.1) is 13.8 Å². The van der Waals surface area contributed by atoms with Gasteiger partial charge in [0.1, 0.15) is 0 Å². The molecule has 0 aliphatic carbocycles. The van der Waals surface area contributed by atoms with Crippen LogP contribution < -0.4 is 10.6 Å². The van der Waals surface area contributed by atoms with E-state index in [0.29, 0.717) is 6.54 Å². The van der Waals surface area contributed by atoms with Gasteiger partial charge in [0.2, 0.25) is 5.91 Å². The Bertz CT molecular complexity index is 604. The molecular weight excluding hydrogens is 336 g/mol. The van der Waals surface area contributed by atoms with Gasteiger partial charge in [0.25, 0.3) is 0 Å². The summed E-state index contributed by atoms with van der Waals surface area (Å²) in [5.41, 5.74) is 1.09. The molecule has 2 heterocycles. The Morgan fingerprint density at radius 2 is 1.96 bits per heavy atom. The summed E-state index contributed by atoms with van der Waals surface area (Å²) in [5.74, 6) is 1.01. The van der Waals surface area contributed by atoms with Gasteiger partial charge in [0.05, 0.1) is 23.8 Å². The fraction of sp³-hybridized carbons (Fsp3) is 0.706. The van der Waals surface area contributed by atoms with Gasteiger partial charge in [-0.2, -0.15) is 0 Å². The van der Waals surface area contributed by atoms with Gasteiger partial charge in [-0.15, -0.1) is 11.3 Å². The SMILES string of the molecule is CN=C(NCc1sc(C)nc1C)N1CCN(CC(=O)NC(C)C)CC1. The van der Waals surface area contributed by atoms with Gasteiger partial charge in [0, 0.05) is 44.1 Å². The van der Waals surface area contributed by atoms with Crippen molar-refractivity contribution < 1.29 is 4.79 Å². The first kappa shape index (κ1) is 19.7. The number of rotatable bonds is 5. The highest BCUT2D eigenvalue weighted by atomic mass is 32.1. The van der Waals surface area contributed by atoms with E-state index in [4.69, 9.17) is 0 Å². The molecule has 0 radical (unpaired) electrons. The van der Waals surface area contributed by atoms with Crippen molar-refractivity contribution in [1.82, 2.24) is 25.4 Å². The number of carbonyl (C=O) groups is 1. The lowest BCUT2D eigenvalue weighted by molar-refractivity contribution is -0.123. The molecule has 1 amide bonds. The summed E-state index contributed by atoms with van der Waals surface area (Å²) in [6.07, 6.45) is 0. The van der Waals surface area contributed by atoms with Crippen LogP contribution in [0.3, 0.4) is 0 Å². The molecule has 0 atom stereocenters. The van der Waals surface area contributed by atoms with Crippen molar-refractivity contribution in [1.29, 1.82) is 0 Å². The highest BCUT2D eigenvalue weighted by molar-refractivity contribution is 7.11. The third kappa shape index (κ3) is 5.97. The summed E-state index contributed by atoms with van der Waals surface area (Å²) in [4.78, 5) is 26.4. The van der Waals surface area contributed by atoms with Crippen LogP contribution in [0.15, 0.2) is 4.99 Å². The van der Waals surface area contributed by atoms with E-state index in [2.05, 4.69) is 30.4 Å². The predicted molar refractivity (Wildman–Crippen MR) is 103 cm³/mol. The number of aliphatic imine (C=N–C) groups is 1. The number of hydrogen-bond acceptors (Lipinski definition) is 5. The first-order chi connectivity index (χ1) is 11.9. The van der Waals surface area contributed by atoms with Crippen molar-refractivity contribution in [2.24, 2.45) is 4.99 Å². The molecule has 25 heavy (non-hydrogen) atoms. The van der Waals surface area contributed by atoms with E-state index in [-0.39, 0.29) is 11.9 Å². The molecule has 1 aromatic rings. The number of amides is 1. The zero-order valence-electron chi connectivity index (χ0n) is 15.9. The van der Waals surface area contributed by atoms with E-state index in [9.17, 15) is 4.79 Å². The second kappa shape index (κ2) is 9.15. The Morgan fingerprint density at radius 3 is 2.48 bits per heavy atom. The van der Waals surface area contributed by atoms with Gasteiger partial charge in [-0.25, -0.2) is 4.98 Å². The van der Waals surface area contributed by atoms with Gasteiger partial charge in [0.15, 0.2) is 5.96 Å². The minimum absolute atomic E-state index is 0.0991. The van der Waals surface area contributed by atoms with Crippen molar-refractivity contribution in [2.75, 3.05) is 39.8 Å². The second-order valence-corrected chi connectivity index (χ2v) is 7.92. The van der Waals surface area contributed by atoms with Crippen LogP contribution in [-0.2, 0) is 11.3 Å². The number of guanidine groups is 1. The minimum Gasteiger partial charge on any atom is -0.353 e. The third-order valence-corrected chi connectivity index (χ3v) is 5.18. The average molecular weight is 367 g/mol. The maximum Gasteiger partial charge on any atom is 0.234 e. The van der Waals surface area contributed by atoms with Gasteiger partial charge in [-0.1, -0.05) is 0 Å². The van der Waals surface area contributed by atoms with Gasteiger partial charge < -0.3 is 15.5 Å². The molecule has 1 saturated heterocycles. The summed E-state index contributed by atoms with van der Waals surface area (Å²) in [6.45, 7) is 12.7. The topological polar surface area (TPSA) is 72.9 Å². The second-order valence-electron chi connectivity index (χ2n) is 6.63. The normalized spacial score (nSPS) is 16.4. The number of aryl methyl sites for hydroxylation is 2. The Hall–Kier alpha value is -1.67. The van der Waals surface area contributed by atoms with Crippen molar-refractivity contribution >= 4 is 23.2 Å². The highest BCUT2D eigenvalue weighted by Crippen LogP contribution is 2.16. The van der Waals surface area contributed by atoms with Crippen LogP contribution in [0.4, 0.5) is 0 Å². The van der Waals surface area contributed by atoms with Gasteiger partial charge >= 0.3 is 0 Å². The number of nitrogens with one attached hydrogen (secondary N) is 2. The van der Waals surface area contributed by atoms with E-state index < -0.39 is 0 Å². The molecule has 0 spiro atoms. The Kier molecular flexibility index (Phi) is 7.19. The smallest absolute Gasteiger partial charge is 0.234 e. The molecule has 140 valence electrons. The van der Waals surface area contributed by atoms with Crippen LogP contribution in [0.2, 0.25) is 0 Å². The van der Waals surface area contributed by atoms with E-state index in [0.717, 1.165) is 49.4 Å². The zero-order valence-corrected chi connectivity index (χ0v) is 16.7. The molecule has 0 aromatic carbocycles. The Labute approximate surface area is 154 Å². The first-order valence-electron chi connectivity index (χ1n) is 8.79. The van der Waals surface area contributed by atoms with Crippen molar-refractivity contribution in [3.8, 4) is 0 Å². The lowest BCUT2D eigenvalue weighted by Crippen LogP contribution is -2.54. The van der Waals surface area contributed by atoms with Crippen LogP contribution in [-0.4, -0.2) is 72.5 Å². The molecule has 1 aliphatic heterocycles. The van der Waals surface area contributed by atoms with E-state index in [1.165, 1.54) is 4.88 Å². The lowest BCUT2D eigenvalue weighted by Gasteiger charge is -2.36. The van der Waals surface area contributed by atoms with Gasteiger partial charge in [-0.3, -0.25) is 14.7 Å². The zero-order chi connectivity index (χ0) is 18.4. The monoisotopic (exact) mass is 366 g/mol. The molecule has 2 N–H and O–H groups in total. The Morgan fingerprint density at radius 1 is 1.28 bits per heavy atom. The van der Waals surface area contributed by atoms with E-state index in [1.807, 2.05) is 34.7 Å².